The van der Waals surface area contributed by atoms with Gasteiger partial charge in [-0.05, 0) is 47.5 Å². The number of hydrogen-bond acceptors (Lipinski definition) is 6. The van der Waals surface area contributed by atoms with E-state index < -0.39 is 28.5 Å². The summed E-state index contributed by atoms with van der Waals surface area (Å²) >= 11 is 3.44. The van der Waals surface area contributed by atoms with Crippen molar-refractivity contribution in [2.45, 2.75) is 23.9 Å². The zero-order chi connectivity index (χ0) is 31.1. The monoisotopic (exact) mass is 677 g/mol. The van der Waals surface area contributed by atoms with Gasteiger partial charge in [0, 0.05) is 30.6 Å². The highest BCUT2D eigenvalue weighted by molar-refractivity contribution is 9.10. The highest BCUT2D eigenvalue weighted by atomic mass is 79.9. The Morgan fingerprint density at radius 3 is 2.14 bits per heavy atom. The Labute approximate surface area is 265 Å². The SMILES string of the molecule is CNC(=O)[C@H](Cc1ccccc1)N(Cc1ccc(Br)cc1)C(=O)CN(c1ccc2c(c1)OCCO2)S(=O)(=O)c1ccccc1. The molecule has 0 aliphatic carbocycles. The molecule has 0 saturated heterocycles. The first kappa shape index (κ1) is 31.1. The molecule has 228 valence electrons. The molecule has 0 fully saturated rings. The van der Waals surface area contributed by atoms with Gasteiger partial charge in [0.1, 0.15) is 25.8 Å². The number of carbonyl (C=O) groups excluding carboxylic acids is 2. The molecule has 11 heteroatoms. The van der Waals surface area contributed by atoms with Crippen LogP contribution in [0.3, 0.4) is 0 Å². The van der Waals surface area contributed by atoms with E-state index in [9.17, 15) is 18.0 Å². The zero-order valence-corrected chi connectivity index (χ0v) is 26.5. The molecule has 2 amide bonds. The predicted molar refractivity (Wildman–Crippen MR) is 171 cm³/mol. The van der Waals surface area contributed by atoms with Crippen LogP contribution in [0.1, 0.15) is 11.1 Å². The lowest BCUT2D eigenvalue weighted by molar-refractivity contribution is -0.139. The van der Waals surface area contributed by atoms with E-state index in [0.717, 1.165) is 19.9 Å². The van der Waals surface area contributed by atoms with E-state index in [1.54, 1.807) is 36.4 Å². The normalized spacial score (nSPS) is 13.0. The lowest BCUT2D eigenvalue weighted by Crippen LogP contribution is -2.53. The summed E-state index contributed by atoms with van der Waals surface area (Å²) < 4.78 is 41.5. The molecule has 0 radical (unpaired) electrons. The van der Waals surface area contributed by atoms with Gasteiger partial charge in [-0.15, -0.1) is 0 Å². The average molecular weight is 679 g/mol. The Morgan fingerprint density at radius 1 is 0.841 bits per heavy atom. The lowest BCUT2D eigenvalue weighted by Gasteiger charge is -2.33. The third-order valence-corrected chi connectivity index (χ3v) is 9.52. The molecule has 0 unspecified atom stereocenters. The van der Waals surface area contributed by atoms with Gasteiger partial charge in [-0.1, -0.05) is 76.6 Å². The number of anilines is 1. The van der Waals surface area contributed by atoms with Crippen molar-refractivity contribution in [1.29, 1.82) is 0 Å². The van der Waals surface area contributed by atoms with Crippen LogP contribution < -0.4 is 19.1 Å². The van der Waals surface area contributed by atoms with E-state index in [0.29, 0.717) is 24.7 Å². The molecule has 1 heterocycles. The Bertz CT molecular complexity index is 1700. The van der Waals surface area contributed by atoms with Crippen molar-refractivity contribution in [3.05, 3.63) is 119 Å². The van der Waals surface area contributed by atoms with Gasteiger partial charge >= 0.3 is 0 Å². The van der Waals surface area contributed by atoms with Crippen LogP contribution in [-0.4, -0.2) is 58.0 Å². The number of benzene rings is 4. The van der Waals surface area contributed by atoms with Crippen molar-refractivity contribution in [1.82, 2.24) is 10.2 Å². The van der Waals surface area contributed by atoms with E-state index in [4.69, 9.17) is 9.47 Å². The van der Waals surface area contributed by atoms with Crippen molar-refractivity contribution in [3.8, 4) is 11.5 Å². The van der Waals surface area contributed by atoms with Crippen LogP contribution in [0.25, 0.3) is 0 Å². The number of hydrogen-bond donors (Lipinski definition) is 1. The van der Waals surface area contributed by atoms with Crippen LogP contribution in [0.5, 0.6) is 11.5 Å². The molecule has 4 aromatic rings. The fourth-order valence-electron chi connectivity index (χ4n) is 4.94. The molecule has 4 aromatic carbocycles. The van der Waals surface area contributed by atoms with Crippen molar-refractivity contribution in [3.63, 3.8) is 0 Å². The number of rotatable bonds is 11. The molecule has 9 nitrogen and oxygen atoms in total. The Kier molecular flexibility index (Phi) is 9.86. The fraction of sp³-hybridized carbons (Fsp3) is 0.212. The molecule has 44 heavy (non-hydrogen) atoms. The quantitative estimate of drug-likeness (QED) is 0.245. The molecule has 1 N–H and O–H groups in total. The number of nitrogens with one attached hydrogen (secondary N) is 1. The predicted octanol–water partition coefficient (Wildman–Crippen LogP) is 4.80. The highest BCUT2D eigenvalue weighted by Gasteiger charge is 2.34. The number of sulfonamides is 1. The van der Waals surface area contributed by atoms with Crippen molar-refractivity contribution in [2.24, 2.45) is 0 Å². The number of carbonyl (C=O) groups is 2. The van der Waals surface area contributed by atoms with Gasteiger partial charge in [-0.3, -0.25) is 13.9 Å². The molecular formula is C33H32BrN3O6S. The topological polar surface area (TPSA) is 105 Å². The van der Waals surface area contributed by atoms with E-state index in [-0.39, 0.29) is 29.5 Å². The van der Waals surface area contributed by atoms with Crippen molar-refractivity contribution < 1.29 is 27.5 Å². The van der Waals surface area contributed by atoms with Crippen molar-refractivity contribution >= 4 is 43.5 Å². The molecule has 5 rings (SSSR count). The highest BCUT2D eigenvalue weighted by Crippen LogP contribution is 2.36. The second-order valence-corrected chi connectivity index (χ2v) is 12.9. The van der Waals surface area contributed by atoms with E-state index in [1.165, 1.54) is 24.1 Å². The summed E-state index contributed by atoms with van der Waals surface area (Å²) in [7, 11) is -2.70. The number of ether oxygens (including phenoxy) is 2. The van der Waals surface area contributed by atoms with Crippen LogP contribution in [0.15, 0.2) is 112 Å². The van der Waals surface area contributed by atoms with Crippen molar-refractivity contribution in [2.75, 3.05) is 31.1 Å². The maximum Gasteiger partial charge on any atom is 0.264 e. The summed E-state index contributed by atoms with van der Waals surface area (Å²) in [5.41, 5.74) is 1.87. The van der Waals surface area contributed by atoms with Crippen LogP contribution in [0.4, 0.5) is 5.69 Å². The average Bonchev–Trinajstić information content (AvgIpc) is 3.06. The van der Waals surface area contributed by atoms with Gasteiger partial charge in [-0.2, -0.15) is 0 Å². The third kappa shape index (κ3) is 7.23. The van der Waals surface area contributed by atoms with Crippen LogP contribution >= 0.6 is 15.9 Å². The van der Waals surface area contributed by atoms with E-state index in [2.05, 4.69) is 21.2 Å². The standard InChI is InChI=1S/C33H32BrN3O6S/c1-35-33(39)29(20-24-8-4-2-5-9-24)36(22-25-12-14-26(34)15-13-25)32(38)23-37(44(40,41)28-10-6-3-7-11-28)27-16-17-30-31(21-27)43-19-18-42-30/h2-17,21,29H,18-20,22-23H2,1H3,(H,35,39)/t29-/m0/s1. The molecule has 1 atom stereocenters. The van der Waals surface area contributed by atoms with E-state index in [1.807, 2.05) is 54.6 Å². The minimum atomic E-state index is -4.22. The van der Waals surface area contributed by atoms with Crippen LogP contribution in [0, 0.1) is 0 Å². The fourth-order valence-corrected chi connectivity index (χ4v) is 6.63. The lowest BCUT2D eigenvalue weighted by atomic mass is 10.0. The van der Waals surface area contributed by atoms with Gasteiger partial charge in [0.15, 0.2) is 11.5 Å². The number of halogens is 1. The first-order chi connectivity index (χ1) is 21.3. The second kappa shape index (κ2) is 14.0. The maximum absolute atomic E-state index is 14.4. The zero-order valence-electron chi connectivity index (χ0n) is 24.1. The summed E-state index contributed by atoms with van der Waals surface area (Å²) in [6.45, 7) is 0.215. The summed E-state index contributed by atoms with van der Waals surface area (Å²) in [4.78, 5) is 29.2. The smallest absolute Gasteiger partial charge is 0.264 e. The minimum Gasteiger partial charge on any atom is -0.486 e. The number of fused-ring (bicyclic) bond motifs is 1. The van der Waals surface area contributed by atoms with Crippen LogP contribution in [0.2, 0.25) is 0 Å². The first-order valence-corrected chi connectivity index (χ1v) is 16.3. The van der Waals surface area contributed by atoms with Gasteiger partial charge in [0.25, 0.3) is 10.0 Å². The minimum absolute atomic E-state index is 0.0225. The Balaban J connectivity index is 1.57. The summed E-state index contributed by atoms with van der Waals surface area (Å²) in [5, 5.41) is 2.69. The molecule has 0 spiro atoms. The third-order valence-electron chi connectivity index (χ3n) is 7.21. The van der Waals surface area contributed by atoms with E-state index >= 15 is 0 Å². The molecule has 1 aliphatic heterocycles. The molecule has 0 aromatic heterocycles. The van der Waals surface area contributed by atoms with Gasteiger partial charge in [-0.25, -0.2) is 8.42 Å². The second-order valence-electron chi connectivity index (χ2n) is 10.1. The largest absolute Gasteiger partial charge is 0.486 e. The first-order valence-electron chi connectivity index (χ1n) is 14.0. The molecule has 0 bridgehead atoms. The summed E-state index contributed by atoms with van der Waals surface area (Å²) in [5.74, 6) is -0.0424. The molecular weight excluding hydrogens is 646 g/mol. The number of amides is 2. The van der Waals surface area contributed by atoms with Gasteiger partial charge < -0.3 is 19.7 Å². The molecule has 0 saturated carbocycles. The Hall–Kier alpha value is -4.35. The summed E-state index contributed by atoms with van der Waals surface area (Å²) in [6.07, 6.45) is 0.234. The number of likely N-dealkylation sites (N-methyl/N-ethyl adjacent to an activating group) is 1. The summed E-state index contributed by atoms with van der Waals surface area (Å²) in [6, 6.07) is 28.6. The van der Waals surface area contributed by atoms with Gasteiger partial charge in [0.05, 0.1) is 10.6 Å². The van der Waals surface area contributed by atoms with Crippen LogP contribution in [-0.2, 0) is 32.6 Å². The Morgan fingerprint density at radius 2 is 1.48 bits per heavy atom. The van der Waals surface area contributed by atoms with Gasteiger partial charge in [0.2, 0.25) is 11.8 Å². The number of nitrogens with zero attached hydrogens (tertiary/aromatic N) is 2. The molecule has 1 aliphatic rings. The maximum atomic E-state index is 14.4.